The SMILES string of the molecule is O=C(CN1CCCCCC1=O)N1CCN(Cc2c(F)cccc2Cl)CC1. The zero-order valence-corrected chi connectivity index (χ0v) is 15.7. The molecular weight excluding hydrogens is 357 g/mol. The molecule has 1 aromatic rings. The number of amides is 2. The van der Waals surface area contributed by atoms with Crippen LogP contribution in [0, 0.1) is 5.82 Å². The van der Waals surface area contributed by atoms with E-state index < -0.39 is 0 Å². The zero-order valence-electron chi connectivity index (χ0n) is 14.9. The number of rotatable bonds is 4. The van der Waals surface area contributed by atoms with Crippen molar-refractivity contribution in [3.63, 3.8) is 0 Å². The Hall–Kier alpha value is -1.66. The van der Waals surface area contributed by atoms with Crippen molar-refractivity contribution >= 4 is 23.4 Å². The Morgan fingerprint density at radius 2 is 1.85 bits per heavy atom. The van der Waals surface area contributed by atoms with Crippen LogP contribution in [-0.2, 0) is 16.1 Å². The first-order chi connectivity index (χ1) is 12.5. The van der Waals surface area contributed by atoms with Gasteiger partial charge in [-0.05, 0) is 25.0 Å². The lowest BCUT2D eigenvalue weighted by molar-refractivity contribution is -0.141. The topological polar surface area (TPSA) is 43.9 Å². The highest BCUT2D eigenvalue weighted by Gasteiger charge is 2.26. The summed E-state index contributed by atoms with van der Waals surface area (Å²) in [6.07, 6.45) is 3.48. The molecule has 0 N–H and O–H groups in total. The molecule has 2 aliphatic rings. The Bertz CT molecular complexity index is 642. The second kappa shape index (κ2) is 8.82. The fourth-order valence-corrected chi connectivity index (χ4v) is 3.75. The van der Waals surface area contributed by atoms with Crippen LogP contribution in [-0.4, -0.2) is 65.8 Å². The van der Waals surface area contributed by atoms with Crippen LogP contribution in [0.3, 0.4) is 0 Å². The maximum Gasteiger partial charge on any atom is 0.242 e. The average Bonchev–Trinajstić information content (AvgIpc) is 2.83. The Morgan fingerprint density at radius 3 is 2.58 bits per heavy atom. The molecule has 2 heterocycles. The summed E-state index contributed by atoms with van der Waals surface area (Å²) < 4.78 is 13.9. The number of likely N-dealkylation sites (tertiary alicyclic amines) is 1. The predicted octanol–water partition coefficient (Wildman–Crippen LogP) is 2.53. The summed E-state index contributed by atoms with van der Waals surface area (Å²) in [5.41, 5.74) is 0.504. The molecule has 0 unspecified atom stereocenters. The van der Waals surface area contributed by atoms with Crippen LogP contribution in [0.5, 0.6) is 0 Å². The number of piperazine rings is 1. The third kappa shape index (κ3) is 4.74. The molecule has 2 fully saturated rings. The number of carbonyl (C=O) groups excluding carboxylic acids is 2. The normalized spacial score (nSPS) is 19.5. The molecule has 2 aliphatic heterocycles. The highest BCUT2D eigenvalue weighted by molar-refractivity contribution is 6.31. The Balaban J connectivity index is 1.50. The highest BCUT2D eigenvalue weighted by Crippen LogP contribution is 2.21. The van der Waals surface area contributed by atoms with Gasteiger partial charge in [-0.1, -0.05) is 24.1 Å². The number of nitrogens with zero attached hydrogens (tertiary/aromatic N) is 3. The lowest BCUT2D eigenvalue weighted by Crippen LogP contribution is -2.51. The van der Waals surface area contributed by atoms with Gasteiger partial charge in [-0.2, -0.15) is 0 Å². The summed E-state index contributed by atoms with van der Waals surface area (Å²) >= 11 is 6.09. The van der Waals surface area contributed by atoms with Crippen molar-refractivity contribution in [2.45, 2.75) is 32.2 Å². The van der Waals surface area contributed by atoms with Crippen molar-refractivity contribution < 1.29 is 14.0 Å². The maximum atomic E-state index is 13.9. The second-order valence-corrected chi connectivity index (χ2v) is 7.39. The standard InChI is InChI=1S/C19H25ClFN3O2/c20-16-5-4-6-17(21)15(16)13-22-9-11-23(12-10-22)19(26)14-24-8-3-1-2-7-18(24)25/h4-6H,1-3,7-14H2. The van der Waals surface area contributed by atoms with Crippen LogP contribution < -0.4 is 0 Å². The highest BCUT2D eigenvalue weighted by atomic mass is 35.5. The van der Waals surface area contributed by atoms with E-state index in [0.29, 0.717) is 56.3 Å². The van der Waals surface area contributed by atoms with Gasteiger partial charge in [0.25, 0.3) is 0 Å². The number of halogens is 2. The van der Waals surface area contributed by atoms with Gasteiger partial charge < -0.3 is 9.80 Å². The minimum atomic E-state index is -0.296. The van der Waals surface area contributed by atoms with Gasteiger partial charge in [-0.3, -0.25) is 14.5 Å². The number of carbonyl (C=O) groups is 2. The van der Waals surface area contributed by atoms with Crippen LogP contribution in [0.4, 0.5) is 4.39 Å². The van der Waals surface area contributed by atoms with Gasteiger partial charge in [0.05, 0.1) is 6.54 Å². The van der Waals surface area contributed by atoms with E-state index in [1.807, 2.05) is 0 Å². The molecule has 3 rings (SSSR count). The van der Waals surface area contributed by atoms with Crippen LogP contribution in [0.15, 0.2) is 18.2 Å². The van der Waals surface area contributed by atoms with Crippen LogP contribution in [0.2, 0.25) is 5.02 Å². The van der Waals surface area contributed by atoms with Gasteiger partial charge in [0.15, 0.2) is 0 Å². The molecule has 0 saturated carbocycles. The summed E-state index contributed by atoms with van der Waals surface area (Å²) in [7, 11) is 0. The molecule has 0 bridgehead atoms. The summed E-state index contributed by atoms with van der Waals surface area (Å²) in [4.78, 5) is 30.2. The van der Waals surface area contributed by atoms with Crippen molar-refractivity contribution in [1.29, 1.82) is 0 Å². The smallest absolute Gasteiger partial charge is 0.242 e. The maximum absolute atomic E-state index is 13.9. The van der Waals surface area contributed by atoms with Crippen LogP contribution in [0.25, 0.3) is 0 Å². The van der Waals surface area contributed by atoms with E-state index in [2.05, 4.69) is 4.90 Å². The lowest BCUT2D eigenvalue weighted by Gasteiger charge is -2.36. The summed E-state index contributed by atoms with van der Waals surface area (Å²) in [5.74, 6) is -0.205. The third-order valence-corrected chi connectivity index (χ3v) is 5.52. The predicted molar refractivity (Wildman–Crippen MR) is 98.3 cm³/mol. The molecule has 0 spiro atoms. The Morgan fingerprint density at radius 1 is 1.08 bits per heavy atom. The minimum absolute atomic E-state index is 0.00354. The van der Waals surface area contributed by atoms with Gasteiger partial charge in [-0.15, -0.1) is 0 Å². The van der Waals surface area contributed by atoms with Gasteiger partial charge in [0.1, 0.15) is 5.82 Å². The lowest BCUT2D eigenvalue weighted by atomic mass is 10.2. The van der Waals surface area contributed by atoms with Crippen molar-refractivity contribution in [1.82, 2.24) is 14.7 Å². The average molecular weight is 382 g/mol. The first-order valence-electron chi connectivity index (χ1n) is 9.25. The quantitative estimate of drug-likeness (QED) is 0.805. The largest absolute Gasteiger partial charge is 0.339 e. The zero-order chi connectivity index (χ0) is 18.5. The van der Waals surface area contributed by atoms with Crippen molar-refractivity contribution in [2.75, 3.05) is 39.3 Å². The first kappa shape index (κ1) is 19.1. The van der Waals surface area contributed by atoms with Crippen molar-refractivity contribution in [2.24, 2.45) is 0 Å². The van der Waals surface area contributed by atoms with Gasteiger partial charge >= 0.3 is 0 Å². The minimum Gasteiger partial charge on any atom is -0.339 e. The van der Waals surface area contributed by atoms with E-state index in [-0.39, 0.29) is 24.2 Å². The fraction of sp³-hybridized carbons (Fsp3) is 0.579. The molecule has 142 valence electrons. The number of hydrogen-bond donors (Lipinski definition) is 0. The molecule has 0 aliphatic carbocycles. The number of hydrogen-bond acceptors (Lipinski definition) is 3. The van der Waals surface area contributed by atoms with Crippen LogP contribution in [0.1, 0.15) is 31.2 Å². The summed E-state index contributed by atoms with van der Waals surface area (Å²) in [5, 5.41) is 0.434. The second-order valence-electron chi connectivity index (χ2n) is 6.98. The molecule has 0 aromatic heterocycles. The Labute approximate surface area is 158 Å². The summed E-state index contributed by atoms with van der Waals surface area (Å²) in [6, 6.07) is 4.71. The first-order valence-corrected chi connectivity index (χ1v) is 9.63. The van der Waals surface area contributed by atoms with Gasteiger partial charge in [0.2, 0.25) is 11.8 Å². The van der Waals surface area contributed by atoms with E-state index in [4.69, 9.17) is 11.6 Å². The molecule has 0 atom stereocenters. The fourth-order valence-electron chi connectivity index (χ4n) is 3.53. The molecule has 26 heavy (non-hydrogen) atoms. The van der Waals surface area contributed by atoms with Crippen molar-refractivity contribution in [3.8, 4) is 0 Å². The van der Waals surface area contributed by atoms with Gasteiger partial charge in [0, 0.05) is 56.3 Å². The van der Waals surface area contributed by atoms with Crippen molar-refractivity contribution in [3.05, 3.63) is 34.6 Å². The number of benzene rings is 1. The van der Waals surface area contributed by atoms with E-state index in [9.17, 15) is 14.0 Å². The van der Waals surface area contributed by atoms with Gasteiger partial charge in [-0.25, -0.2) is 4.39 Å². The van der Waals surface area contributed by atoms with E-state index in [1.54, 1.807) is 21.9 Å². The molecule has 2 amide bonds. The van der Waals surface area contributed by atoms with Crippen LogP contribution >= 0.6 is 11.6 Å². The molecule has 5 nitrogen and oxygen atoms in total. The van der Waals surface area contributed by atoms with E-state index >= 15 is 0 Å². The molecule has 2 saturated heterocycles. The molecule has 7 heteroatoms. The monoisotopic (exact) mass is 381 g/mol. The Kier molecular flexibility index (Phi) is 6.48. The van der Waals surface area contributed by atoms with E-state index in [1.165, 1.54) is 6.07 Å². The molecule has 0 radical (unpaired) electrons. The molecular formula is C19H25ClFN3O2. The third-order valence-electron chi connectivity index (χ3n) is 5.17. The molecule has 1 aromatic carbocycles. The summed E-state index contributed by atoms with van der Waals surface area (Å²) in [6.45, 7) is 3.82. The van der Waals surface area contributed by atoms with E-state index in [0.717, 1.165) is 19.3 Å².